The number of piperidine rings is 1. The lowest BCUT2D eigenvalue weighted by molar-refractivity contribution is -0.138. The highest BCUT2D eigenvalue weighted by molar-refractivity contribution is 5.84. The van der Waals surface area contributed by atoms with Crippen LogP contribution in [0.2, 0.25) is 0 Å². The number of fused-ring (bicyclic) bond motifs is 1. The number of amides is 1. The average Bonchev–Trinajstić information content (AvgIpc) is 3.64. The molecule has 0 spiro atoms. The maximum absolute atomic E-state index is 13.8. The topological polar surface area (TPSA) is 67.2 Å². The Morgan fingerprint density at radius 3 is 2.87 bits per heavy atom. The summed E-state index contributed by atoms with van der Waals surface area (Å²) in [6, 6.07) is 14.2. The number of carbonyl (C=O) groups excluding carboxylic acids is 1. The molecule has 1 aliphatic carbocycles. The van der Waals surface area contributed by atoms with Gasteiger partial charge in [-0.15, -0.1) is 0 Å². The molecule has 1 aliphatic heterocycles. The highest BCUT2D eigenvalue weighted by Crippen LogP contribution is 2.36. The fraction of sp³-hybridized carbons (Fsp3) is 0.400. The molecule has 2 atom stereocenters. The van der Waals surface area contributed by atoms with E-state index in [2.05, 4.69) is 27.3 Å². The second kappa shape index (κ2) is 8.27. The Balaban J connectivity index is 1.45. The van der Waals surface area contributed by atoms with Crippen LogP contribution < -0.4 is 10.9 Å². The smallest absolute Gasteiger partial charge is 0.250 e. The van der Waals surface area contributed by atoms with E-state index in [1.54, 1.807) is 23.9 Å². The SMILES string of the molecule is Cn1ccc(C2CCNCC2C(=O)N(Cc2cccc3ncccc23)C2CC2)cc1=O. The summed E-state index contributed by atoms with van der Waals surface area (Å²) < 4.78 is 1.58. The summed E-state index contributed by atoms with van der Waals surface area (Å²) in [5.41, 5.74) is 3.05. The Hall–Kier alpha value is -2.99. The van der Waals surface area contributed by atoms with Gasteiger partial charge in [-0.05, 0) is 61.1 Å². The molecule has 1 N–H and O–H groups in total. The molecule has 6 heteroatoms. The van der Waals surface area contributed by atoms with Gasteiger partial charge in [-0.2, -0.15) is 0 Å². The third-order valence-corrected chi connectivity index (χ3v) is 6.70. The van der Waals surface area contributed by atoms with Gasteiger partial charge < -0.3 is 14.8 Å². The molecule has 1 aromatic carbocycles. The second-order valence-electron chi connectivity index (χ2n) is 8.80. The number of nitrogens with one attached hydrogen (secondary N) is 1. The van der Waals surface area contributed by atoms with Crippen molar-refractivity contribution in [3.05, 3.63) is 76.3 Å². The number of benzene rings is 1. The normalized spacial score (nSPS) is 21.2. The second-order valence-corrected chi connectivity index (χ2v) is 8.80. The summed E-state index contributed by atoms with van der Waals surface area (Å²) in [6.07, 6.45) is 6.60. The minimum absolute atomic E-state index is 0.0236. The van der Waals surface area contributed by atoms with Gasteiger partial charge in [0.2, 0.25) is 5.91 Å². The monoisotopic (exact) mass is 416 g/mol. The number of carbonyl (C=O) groups is 1. The fourth-order valence-corrected chi connectivity index (χ4v) is 4.79. The molecule has 3 heterocycles. The largest absolute Gasteiger partial charge is 0.335 e. The van der Waals surface area contributed by atoms with Crippen molar-refractivity contribution in [2.75, 3.05) is 13.1 Å². The molecule has 2 aliphatic rings. The van der Waals surface area contributed by atoms with Gasteiger partial charge in [-0.25, -0.2) is 0 Å². The summed E-state index contributed by atoms with van der Waals surface area (Å²) in [5, 5.41) is 4.51. The molecule has 3 aromatic rings. The molecular formula is C25H28N4O2. The van der Waals surface area contributed by atoms with Crippen molar-refractivity contribution in [2.24, 2.45) is 13.0 Å². The zero-order chi connectivity index (χ0) is 21.4. The third-order valence-electron chi connectivity index (χ3n) is 6.70. The Labute approximate surface area is 181 Å². The van der Waals surface area contributed by atoms with Crippen LogP contribution in [-0.4, -0.2) is 39.5 Å². The molecule has 160 valence electrons. The molecule has 2 unspecified atom stereocenters. The van der Waals surface area contributed by atoms with Crippen molar-refractivity contribution in [2.45, 2.75) is 37.8 Å². The molecule has 0 bridgehead atoms. The van der Waals surface area contributed by atoms with Crippen molar-refractivity contribution >= 4 is 16.8 Å². The molecule has 2 aromatic heterocycles. The average molecular weight is 417 g/mol. The van der Waals surface area contributed by atoms with Gasteiger partial charge in [0.1, 0.15) is 0 Å². The van der Waals surface area contributed by atoms with Gasteiger partial charge in [-0.1, -0.05) is 18.2 Å². The van der Waals surface area contributed by atoms with Gasteiger partial charge in [0.15, 0.2) is 0 Å². The summed E-state index contributed by atoms with van der Waals surface area (Å²) in [6.45, 7) is 2.12. The zero-order valence-electron chi connectivity index (χ0n) is 17.8. The van der Waals surface area contributed by atoms with Gasteiger partial charge >= 0.3 is 0 Å². The summed E-state index contributed by atoms with van der Waals surface area (Å²) in [7, 11) is 1.76. The van der Waals surface area contributed by atoms with Crippen LogP contribution in [0.1, 0.15) is 36.3 Å². The molecule has 5 rings (SSSR count). The quantitative estimate of drug-likeness (QED) is 0.695. The van der Waals surface area contributed by atoms with Gasteiger partial charge in [0.25, 0.3) is 5.56 Å². The first-order valence-corrected chi connectivity index (χ1v) is 11.1. The number of rotatable bonds is 5. The van der Waals surface area contributed by atoms with Crippen LogP contribution in [0.5, 0.6) is 0 Å². The van der Waals surface area contributed by atoms with Gasteiger partial charge in [0, 0.05) is 50.0 Å². The maximum atomic E-state index is 13.8. The molecule has 1 saturated heterocycles. The molecule has 1 amide bonds. The highest BCUT2D eigenvalue weighted by atomic mass is 16.2. The van der Waals surface area contributed by atoms with E-state index in [0.29, 0.717) is 19.1 Å². The minimum atomic E-state index is -0.158. The molecule has 2 fully saturated rings. The van der Waals surface area contributed by atoms with Crippen molar-refractivity contribution in [1.82, 2.24) is 19.8 Å². The zero-order valence-corrected chi connectivity index (χ0v) is 17.8. The van der Waals surface area contributed by atoms with Crippen LogP contribution in [0.3, 0.4) is 0 Å². The van der Waals surface area contributed by atoms with E-state index in [1.807, 2.05) is 30.5 Å². The summed E-state index contributed by atoms with van der Waals surface area (Å²) in [5.74, 6) is 0.105. The van der Waals surface area contributed by atoms with E-state index in [9.17, 15) is 9.59 Å². The van der Waals surface area contributed by atoms with Crippen LogP contribution in [0.15, 0.2) is 59.7 Å². The van der Waals surface area contributed by atoms with Crippen molar-refractivity contribution < 1.29 is 4.79 Å². The first kappa shape index (κ1) is 19.9. The van der Waals surface area contributed by atoms with Crippen LogP contribution in [0, 0.1) is 5.92 Å². The van der Waals surface area contributed by atoms with Crippen LogP contribution in [0.4, 0.5) is 0 Å². The molecule has 6 nitrogen and oxygen atoms in total. The van der Waals surface area contributed by atoms with Crippen molar-refractivity contribution in [3.8, 4) is 0 Å². The van der Waals surface area contributed by atoms with E-state index in [1.165, 1.54) is 0 Å². The Kier molecular flexibility index (Phi) is 5.32. The predicted octanol–water partition coefficient (Wildman–Crippen LogP) is 2.82. The fourth-order valence-electron chi connectivity index (χ4n) is 4.79. The maximum Gasteiger partial charge on any atom is 0.250 e. The minimum Gasteiger partial charge on any atom is -0.335 e. The van der Waals surface area contributed by atoms with Crippen molar-refractivity contribution in [3.63, 3.8) is 0 Å². The van der Waals surface area contributed by atoms with E-state index in [0.717, 1.165) is 47.8 Å². The van der Waals surface area contributed by atoms with Crippen LogP contribution >= 0.6 is 0 Å². The predicted molar refractivity (Wildman–Crippen MR) is 121 cm³/mol. The summed E-state index contributed by atoms with van der Waals surface area (Å²) in [4.78, 5) is 32.6. The lowest BCUT2D eigenvalue weighted by Crippen LogP contribution is -2.47. The van der Waals surface area contributed by atoms with Gasteiger partial charge in [-0.3, -0.25) is 14.6 Å². The van der Waals surface area contributed by atoms with Crippen LogP contribution in [-0.2, 0) is 18.4 Å². The van der Waals surface area contributed by atoms with Crippen LogP contribution in [0.25, 0.3) is 10.9 Å². The van der Waals surface area contributed by atoms with Gasteiger partial charge in [0.05, 0.1) is 11.4 Å². The first-order valence-electron chi connectivity index (χ1n) is 11.1. The van der Waals surface area contributed by atoms with E-state index in [-0.39, 0.29) is 23.3 Å². The van der Waals surface area contributed by atoms with E-state index < -0.39 is 0 Å². The number of aromatic nitrogens is 2. The third kappa shape index (κ3) is 4.00. The molecule has 1 saturated carbocycles. The molecule has 31 heavy (non-hydrogen) atoms. The Morgan fingerprint density at radius 2 is 2.06 bits per heavy atom. The lowest BCUT2D eigenvalue weighted by Gasteiger charge is -2.36. The standard InChI is InChI=1S/C25H28N4O2/c1-28-13-10-17(14-24(28)30)20-9-12-26-15-22(20)25(31)29(19-7-8-19)16-18-4-2-6-23-21(18)5-3-11-27-23/h2-6,10-11,13-14,19-20,22,26H,7-9,12,15-16H2,1H3. The van der Waals surface area contributed by atoms with Crippen molar-refractivity contribution in [1.29, 1.82) is 0 Å². The number of hydrogen-bond donors (Lipinski definition) is 1. The lowest BCUT2D eigenvalue weighted by atomic mass is 9.80. The van der Waals surface area contributed by atoms with E-state index >= 15 is 0 Å². The number of nitrogens with zero attached hydrogens (tertiary/aromatic N) is 3. The number of aryl methyl sites for hydroxylation is 1. The highest BCUT2D eigenvalue weighted by Gasteiger charge is 2.40. The Morgan fingerprint density at radius 1 is 1.19 bits per heavy atom. The number of pyridine rings is 2. The molecule has 0 radical (unpaired) electrons. The Bertz CT molecular complexity index is 1160. The molecular weight excluding hydrogens is 388 g/mol. The summed E-state index contributed by atoms with van der Waals surface area (Å²) >= 11 is 0. The first-order chi connectivity index (χ1) is 15.1. The number of hydrogen-bond acceptors (Lipinski definition) is 4. The van der Waals surface area contributed by atoms with E-state index in [4.69, 9.17) is 0 Å².